The van der Waals surface area contributed by atoms with Crippen LogP contribution in [0.2, 0.25) is 0 Å². The number of allylic oxidation sites excluding steroid dienone is 9. The van der Waals surface area contributed by atoms with Gasteiger partial charge in [-0.1, -0.05) is 67.7 Å². The van der Waals surface area contributed by atoms with Gasteiger partial charge in [0.15, 0.2) is 12.6 Å². The van der Waals surface area contributed by atoms with Crippen molar-refractivity contribution in [2.24, 2.45) is 0 Å². The first-order chi connectivity index (χ1) is 22.6. The molecule has 47 heavy (non-hydrogen) atoms. The maximum atomic E-state index is 12.0. The van der Waals surface area contributed by atoms with Gasteiger partial charge in [0.1, 0.15) is 61.5 Å². The standard InChI is InChI=1S/C33H52O14/c1-2-3-4-5-6-7-8-9-10-11-12-13-14-15-16-17-25(36)43-19-22(35)20-44-32-31(42)29(40)27(38)24(47-32)21-45-33-30(41)28(39)26(37)23(18-34)46-33/h3-4,6-7,9-10,12-13,15-16,22-24,26-35,37-42H,2,5,8,11,14,17-21H2,1H3/b4-3-,7-6-,10-9-,13-12-,16-15-/t22-,23-,24-,26+,27+,28+,29+,30-,31-,32-,33+/m1/s1. The Kier molecular flexibility index (Phi) is 20.1. The van der Waals surface area contributed by atoms with Gasteiger partial charge in [0.2, 0.25) is 0 Å². The van der Waals surface area contributed by atoms with Crippen LogP contribution in [-0.2, 0) is 28.5 Å². The topological polar surface area (TPSA) is 225 Å². The van der Waals surface area contributed by atoms with E-state index in [1.54, 1.807) is 6.08 Å². The summed E-state index contributed by atoms with van der Waals surface area (Å²) in [5.74, 6) is -0.566. The summed E-state index contributed by atoms with van der Waals surface area (Å²) in [4.78, 5) is 12.0. The van der Waals surface area contributed by atoms with Gasteiger partial charge in [-0.05, 0) is 32.1 Å². The number of carbonyl (C=O) groups is 1. The van der Waals surface area contributed by atoms with E-state index in [-0.39, 0.29) is 6.42 Å². The number of esters is 1. The van der Waals surface area contributed by atoms with Crippen molar-refractivity contribution in [3.05, 3.63) is 60.8 Å². The van der Waals surface area contributed by atoms with E-state index in [0.29, 0.717) is 6.42 Å². The van der Waals surface area contributed by atoms with Crippen molar-refractivity contribution in [2.45, 2.75) is 113 Å². The molecule has 0 spiro atoms. The monoisotopic (exact) mass is 672 g/mol. The highest BCUT2D eigenvalue weighted by Gasteiger charge is 2.47. The molecule has 14 nitrogen and oxygen atoms in total. The van der Waals surface area contributed by atoms with Gasteiger partial charge in [-0.2, -0.15) is 0 Å². The van der Waals surface area contributed by atoms with Crippen LogP contribution in [0.4, 0.5) is 0 Å². The summed E-state index contributed by atoms with van der Waals surface area (Å²) in [5.41, 5.74) is 0. The Morgan fingerprint density at radius 2 is 1.11 bits per heavy atom. The van der Waals surface area contributed by atoms with Crippen molar-refractivity contribution in [2.75, 3.05) is 26.4 Å². The summed E-state index contributed by atoms with van der Waals surface area (Å²) in [6.45, 7) is 0.0530. The quantitative estimate of drug-likeness (QED) is 0.0613. The molecule has 11 atom stereocenters. The molecule has 2 aliphatic heterocycles. The van der Waals surface area contributed by atoms with Crippen molar-refractivity contribution in [1.82, 2.24) is 0 Å². The van der Waals surface area contributed by atoms with Gasteiger partial charge in [-0.25, -0.2) is 0 Å². The number of aliphatic hydroxyl groups is 8. The lowest BCUT2D eigenvalue weighted by atomic mass is 9.98. The summed E-state index contributed by atoms with van der Waals surface area (Å²) < 4.78 is 26.5. The molecule has 268 valence electrons. The van der Waals surface area contributed by atoms with Crippen LogP contribution in [0.15, 0.2) is 60.8 Å². The van der Waals surface area contributed by atoms with Crippen LogP contribution in [0.3, 0.4) is 0 Å². The van der Waals surface area contributed by atoms with Gasteiger partial charge in [-0.15, -0.1) is 0 Å². The second-order valence-electron chi connectivity index (χ2n) is 11.1. The molecular weight excluding hydrogens is 620 g/mol. The normalized spacial score (nSPS) is 32.8. The zero-order chi connectivity index (χ0) is 34.6. The van der Waals surface area contributed by atoms with Gasteiger partial charge >= 0.3 is 5.97 Å². The summed E-state index contributed by atoms with van der Waals surface area (Å²) in [7, 11) is 0. The van der Waals surface area contributed by atoms with E-state index in [1.165, 1.54) is 0 Å². The van der Waals surface area contributed by atoms with E-state index < -0.39 is 99.9 Å². The molecular formula is C33H52O14. The third-order valence-corrected chi connectivity index (χ3v) is 7.27. The zero-order valence-electron chi connectivity index (χ0n) is 26.7. The van der Waals surface area contributed by atoms with Crippen molar-refractivity contribution in [3.63, 3.8) is 0 Å². The average Bonchev–Trinajstić information content (AvgIpc) is 3.06. The Morgan fingerprint density at radius 1 is 0.638 bits per heavy atom. The number of hydrogen-bond donors (Lipinski definition) is 8. The molecule has 2 aliphatic rings. The summed E-state index contributed by atoms with van der Waals surface area (Å²) in [5, 5.41) is 80.2. The lowest BCUT2D eigenvalue weighted by Gasteiger charge is -2.42. The average molecular weight is 673 g/mol. The molecule has 0 amide bonds. The molecule has 0 aromatic heterocycles. The predicted octanol–water partition coefficient (Wildman–Crippen LogP) is -0.327. The van der Waals surface area contributed by atoms with Crippen LogP contribution in [0, 0.1) is 0 Å². The minimum Gasteiger partial charge on any atom is -0.463 e. The molecule has 0 bridgehead atoms. The van der Waals surface area contributed by atoms with Crippen LogP contribution in [0.5, 0.6) is 0 Å². The maximum absolute atomic E-state index is 12.0. The maximum Gasteiger partial charge on any atom is 0.309 e. The van der Waals surface area contributed by atoms with E-state index in [2.05, 4.69) is 43.4 Å². The molecule has 0 aromatic rings. The molecule has 2 saturated heterocycles. The highest BCUT2D eigenvalue weighted by atomic mass is 16.7. The van der Waals surface area contributed by atoms with Gasteiger partial charge in [-0.3, -0.25) is 4.79 Å². The van der Waals surface area contributed by atoms with E-state index in [4.69, 9.17) is 23.7 Å². The lowest BCUT2D eigenvalue weighted by molar-refractivity contribution is -0.332. The number of aliphatic hydroxyl groups excluding tert-OH is 8. The first-order valence-corrected chi connectivity index (χ1v) is 15.9. The molecule has 2 heterocycles. The van der Waals surface area contributed by atoms with E-state index >= 15 is 0 Å². The minimum absolute atomic E-state index is 0.00571. The fourth-order valence-electron chi connectivity index (χ4n) is 4.52. The van der Waals surface area contributed by atoms with Gasteiger partial charge in [0.25, 0.3) is 0 Å². The largest absolute Gasteiger partial charge is 0.463 e. The molecule has 0 aromatic carbocycles. The Morgan fingerprint density at radius 3 is 1.64 bits per heavy atom. The fourth-order valence-corrected chi connectivity index (χ4v) is 4.52. The van der Waals surface area contributed by atoms with Crippen molar-refractivity contribution >= 4 is 5.97 Å². The molecule has 8 N–H and O–H groups in total. The van der Waals surface area contributed by atoms with Crippen molar-refractivity contribution in [3.8, 4) is 0 Å². The molecule has 14 heteroatoms. The molecule has 0 unspecified atom stereocenters. The first-order valence-electron chi connectivity index (χ1n) is 15.9. The third-order valence-electron chi connectivity index (χ3n) is 7.27. The van der Waals surface area contributed by atoms with E-state index in [1.807, 2.05) is 18.2 Å². The van der Waals surface area contributed by atoms with Crippen LogP contribution < -0.4 is 0 Å². The van der Waals surface area contributed by atoms with Crippen molar-refractivity contribution < 1.29 is 69.3 Å². The van der Waals surface area contributed by atoms with E-state index in [9.17, 15) is 45.6 Å². The molecule has 2 fully saturated rings. The first kappa shape index (κ1) is 40.9. The number of ether oxygens (including phenoxy) is 5. The van der Waals surface area contributed by atoms with Crippen LogP contribution in [0.1, 0.15) is 45.4 Å². The molecule has 0 aliphatic carbocycles. The molecule has 0 saturated carbocycles. The van der Waals surface area contributed by atoms with Gasteiger partial charge in [0.05, 0.1) is 26.2 Å². The highest BCUT2D eigenvalue weighted by molar-refractivity contribution is 5.71. The second kappa shape index (κ2) is 23.1. The van der Waals surface area contributed by atoms with E-state index in [0.717, 1.165) is 25.7 Å². The molecule has 2 rings (SSSR count). The number of rotatable bonds is 20. The van der Waals surface area contributed by atoms with Gasteiger partial charge in [0, 0.05) is 0 Å². The fraction of sp³-hybridized carbons (Fsp3) is 0.667. The van der Waals surface area contributed by atoms with Crippen LogP contribution in [0.25, 0.3) is 0 Å². The predicted molar refractivity (Wildman–Crippen MR) is 168 cm³/mol. The minimum atomic E-state index is -1.74. The second-order valence-corrected chi connectivity index (χ2v) is 11.1. The zero-order valence-corrected chi connectivity index (χ0v) is 26.7. The highest BCUT2D eigenvalue weighted by Crippen LogP contribution is 2.26. The summed E-state index contributed by atoms with van der Waals surface area (Å²) in [6, 6.07) is 0. The Labute approximate surface area is 275 Å². The Bertz CT molecular complexity index is 1010. The van der Waals surface area contributed by atoms with Crippen LogP contribution in [-0.4, -0.2) is 141 Å². The SMILES string of the molecule is CC/C=C\C/C=C\C/C=C\C/C=C\C/C=C\CC(=O)OC[C@@H](O)CO[C@@H]1O[C@H](CO[C@H]2O[C@H](CO)[C@H](O)[C@H](O)[C@H]2O)[C@H](O)[C@H](O)[C@H]1O. The lowest BCUT2D eigenvalue weighted by Crippen LogP contribution is -2.61. The summed E-state index contributed by atoms with van der Waals surface area (Å²) in [6.07, 6.45) is 7.69. The van der Waals surface area contributed by atoms with Crippen molar-refractivity contribution in [1.29, 1.82) is 0 Å². The third kappa shape index (κ3) is 14.8. The summed E-state index contributed by atoms with van der Waals surface area (Å²) >= 11 is 0. The number of hydrogen-bond acceptors (Lipinski definition) is 14. The van der Waals surface area contributed by atoms with Crippen LogP contribution >= 0.6 is 0 Å². The smallest absolute Gasteiger partial charge is 0.309 e. The molecule has 0 radical (unpaired) electrons. The number of carbonyl (C=O) groups excluding carboxylic acids is 1. The Balaban J connectivity index is 1.65. The van der Waals surface area contributed by atoms with Gasteiger partial charge < -0.3 is 64.5 Å². The Hall–Kier alpha value is -2.31.